The Kier molecular flexibility index (Phi) is 3.37. The fourth-order valence-electron chi connectivity index (χ4n) is 0.536. The summed E-state index contributed by atoms with van der Waals surface area (Å²) in [6.45, 7) is 0.754. The summed E-state index contributed by atoms with van der Waals surface area (Å²) in [7, 11) is -4.48. The number of halogens is 2. The highest BCUT2D eigenvalue weighted by Crippen LogP contribution is 2.05. The molecule has 0 atom stereocenters. The maximum atomic E-state index is 12.1. The second-order valence-electron chi connectivity index (χ2n) is 1.87. The Morgan fingerprint density at radius 2 is 1.92 bits per heavy atom. The Morgan fingerprint density at radius 1 is 1.50 bits per heavy atom. The fraction of sp³-hybridized carbons (Fsp3) is 0.750. The number of hydrogen-bond donors (Lipinski definition) is 0. The molecule has 0 unspecified atom stereocenters. The summed E-state index contributed by atoms with van der Waals surface area (Å²) in [5.41, 5.74) is 0. The number of carbonyl (C=O) groups excluding carboxylic acids is 1. The predicted octanol–water partition coefficient (Wildman–Crippen LogP) is 0.459. The first kappa shape index (κ1) is 11.1. The molecule has 0 fully saturated rings. The minimum atomic E-state index is -5.16. The minimum absolute atomic E-state index is 0.229. The molecular weight excluding hydrogens is 194 g/mol. The van der Waals surface area contributed by atoms with Gasteiger partial charge < -0.3 is 0 Å². The van der Waals surface area contributed by atoms with E-state index in [0.29, 0.717) is 7.05 Å². The van der Waals surface area contributed by atoms with Crippen molar-refractivity contribution in [1.29, 1.82) is 0 Å². The average molecular weight is 202 g/mol. The molecule has 72 valence electrons. The molecule has 0 radical (unpaired) electrons. The largest absolute Gasteiger partial charge is 0.403 e. The Hall–Kier alpha value is -0.920. The Balaban J connectivity index is 4.71. The average Bonchev–Trinajstić information content (AvgIpc) is 1.85. The molecule has 0 bridgehead atoms. The van der Waals surface area contributed by atoms with Gasteiger partial charge in [0.2, 0.25) is 0 Å². The van der Waals surface area contributed by atoms with Gasteiger partial charge >= 0.3 is 16.4 Å². The van der Waals surface area contributed by atoms with Crippen molar-refractivity contribution in [1.82, 2.24) is 9.43 Å². The second-order valence-corrected chi connectivity index (χ2v) is 3.13. The molecule has 0 saturated heterocycles. The smallest absolute Gasteiger partial charge is 0.245 e. The van der Waals surface area contributed by atoms with Crippen LogP contribution in [0.1, 0.15) is 6.92 Å². The van der Waals surface area contributed by atoms with E-state index < -0.39 is 28.1 Å². The van der Waals surface area contributed by atoms with Crippen molar-refractivity contribution < 1.29 is 21.6 Å². The van der Waals surface area contributed by atoms with Gasteiger partial charge in [0.05, 0.1) is 0 Å². The van der Waals surface area contributed by atoms with Crippen LogP contribution < -0.4 is 0 Å². The molecule has 0 aliphatic rings. The van der Waals surface area contributed by atoms with Gasteiger partial charge in [-0.15, -0.1) is 0 Å². The van der Waals surface area contributed by atoms with Crippen molar-refractivity contribution >= 4 is 16.4 Å². The lowest BCUT2D eigenvalue weighted by atomic mass is 10.7. The van der Waals surface area contributed by atoms with E-state index in [0.717, 1.165) is 0 Å². The van der Waals surface area contributed by atoms with Crippen LogP contribution >= 0.6 is 0 Å². The third kappa shape index (κ3) is 2.61. The zero-order chi connectivity index (χ0) is 9.94. The number of amides is 2. The molecule has 0 spiro atoms. The Morgan fingerprint density at radius 3 is 2.00 bits per heavy atom. The van der Waals surface area contributed by atoms with Gasteiger partial charge in [-0.05, 0) is 6.92 Å². The summed E-state index contributed by atoms with van der Waals surface area (Å²) >= 11 is 0. The molecule has 0 N–H and O–H groups in total. The summed E-state index contributed by atoms with van der Waals surface area (Å²) in [6, 6.07) is -1.56. The SMILES string of the molecule is CCN(C(=O)N(C)F)S(=O)(=O)F. The van der Waals surface area contributed by atoms with Gasteiger partial charge in [0.25, 0.3) is 0 Å². The van der Waals surface area contributed by atoms with Crippen LogP contribution in [0, 0.1) is 0 Å². The van der Waals surface area contributed by atoms with Crippen molar-refractivity contribution in [3.63, 3.8) is 0 Å². The molecule has 12 heavy (non-hydrogen) atoms. The van der Waals surface area contributed by atoms with Crippen LogP contribution in [0.2, 0.25) is 0 Å². The van der Waals surface area contributed by atoms with E-state index in [-0.39, 0.29) is 4.31 Å². The van der Waals surface area contributed by atoms with Crippen LogP contribution in [0.25, 0.3) is 0 Å². The molecular formula is C4H8F2N2O3S. The zero-order valence-corrected chi connectivity index (χ0v) is 7.31. The number of rotatable bonds is 2. The highest BCUT2D eigenvalue weighted by Gasteiger charge is 2.28. The maximum absolute atomic E-state index is 12.1. The maximum Gasteiger partial charge on any atom is 0.403 e. The summed E-state index contributed by atoms with van der Waals surface area (Å²) in [5.74, 6) is 0. The number of urea groups is 1. The minimum Gasteiger partial charge on any atom is -0.245 e. The number of nitrogens with zero attached hydrogens (tertiary/aromatic N) is 2. The van der Waals surface area contributed by atoms with Gasteiger partial charge in [-0.3, -0.25) is 0 Å². The highest BCUT2D eigenvalue weighted by atomic mass is 32.3. The molecule has 0 saturated carbocycles. The lowest BCUT2D eigenvalue weighted by Crippen LogP contribution is -2.39. The third-order valence-electron chi connectivity index (χ3n) is 1.03. The molecule has 8 heteroatoms. The third-order valence-corrected chi connectivity index (χ3v) is 1.97. The summed E-state index contributed by atoms with van der Waals surface area (Å²) in [4.78, 5) is 10.6. The lowest BCUT2D eigenvalue weighted by molar-refractivity contribution is 0.0797. The van der Waals surface area contributed by atoms with E-state index >= 15 is 0 Å². The van der Waals surface area contributed by atoms with Gasteiger partial charge in [-0.2, -0.15) is 17.8 Å². The van der Waals surface area contributed by atoms with E-state index in [4.69, 9.17) is 0 Å². The molecule has 0 heterocycles. The monoisotopic (exact) mass is 202 g/mol. The van der Waals surface area contributed by atoms with Crippen LogP contribution in [-0.2, 0) is 10.4 Å². The summed E-state index contributed by atoms with van der Waals surface area (Å²) in [5, 5.41) is -0.513. The fourth-order valence-corrected chi connectivity index (χ4v) is 1.14. The van der Waals surface area contributed by atoms with Crippen LogP contribution in [-0.4, -0.2) is 37.5 Å². The van der Waals surface area contributed by atoms with E-state index in [1.165, 1.54) is 6.92 Å². The van der Waals surface area contributed by atoms with E-state index in [2.05, 4.69) is 0 Å². The van der Waals surface area contributed by atoms with E-state index in [1.807, 2.05) is 0 Å². The molecule has 5 nitrogen and oxygen atoms in total. The van der Waals surface area contributed by atoms with E-state index in [1.54, 1.807) is 0 Å². The van der Waals surface area contributed by atoms with Crippen molar-refractivity contribution in [2.75, 3.05) is 13.6 Å². The van der Waals surface area contributed by atoms with Crippen LogP contribution in [0.15, 0.2) is 0 Å². The first-order chi connectivity index (χ1) is 5.30. The first-order valence-corrected chi connectivity index (χ1v) is 4.30. The normalized spacial score (nSPS) is 11.0. The molecule has 0 rings (SSSR count). The highest BCUT2D eigenvalue weighted by molar-refractivity contribution is 7.84. The van der Waals surface area contributed by atoms with E-state index in [9.17, 15) is 21.6 Å². The van der Waals surface area contributed by atoms with Gasteiger partial charge in [0.15, 0.2) is 0 Å². The number of carbonyl (C=O) groups is 1. The van der Waals surface area contributed by atoms with Crippen LogP contribution in [0.3, 0.4) is 0 Å². The van der Waals surface area contributed by atoms with Crippen molar-refractivity contribution in [3.05, 3.63) is 0 Å². The Labute approximate surface area is 68.8 Å². The molecule has 2 amide bonds. The molecule has 0 aliphatic carbocycles. The second kappa shape index (κ2) is 3.65. The Bertz CT molecular complexity index is 263. The summed E-state index contributed by atoms with van der Waals surface area (Å²) in [6.07, 6.45) is 0. The van der Waals surface area contributed by atoms with Crippen molar-refractivity contribution in [2.24, 2.45) is 0 Å². The molecule has 0 aliphatic heterocycles. The standard InChI is InChI=1S/C4H8F2N2O3S/c1-3-8(12(6,10)11)4(9)7(2)5/h3H2,1-2H3. The van der Waals surface area contributed by atoms with Crippen molar-refractivity contribution in [3.8, 4) is 0 Å². The van der Waals surface area contributed by atoms with Gasteiger partial charge in [0.1, 0.15) is 0 Å². The van der Waals surface area contributed by atoms with Gasteiger partial charge in [-0.25, -0.2) is 4.79 Å². The topological polar surface area (TPSA) is 57.7 Å². The molecule has 0 aromatic rings. The zero-order valence-electron chi connectivity index (χ0n) is 6.49. The predicted molar refractivity (Wildman–Crippen MR) is 36.7 cm³/mol. The molecule has 0 aromatic heterocycles. The lowest BCUT2D eigenvalue weighted by Gasteiger charge is -2.16. The van der Waals surface area contributed by atoms with Gasteiger partial charge in [0, 0.05) is 13.6 Å². The van der Waals surface area contributed by atoms with Gasteiger partial charge in [-0.1, -0.05) is 8.37 Å². The van der Waals surface area contributed by atoms with Crippen LogP contribution in [0.5, 0.6) is 0 Å². The quantitative estimate of drug-likeness (QED) is 0.482. The first-order valence-electron chi connectivity index (χ1n) is 2.96. The summed E-state index contributed by atoms with van der Waals surface area (Å²) < 4.78 is 44.3. The van der Waals surface area contributed by atoms with Crippen molar-refractivity contribution in [2.45, 2.75) is 6.92 Å². The van der Waals surface area contributed by atoms with Crippen LogP contribution in [0.4, 0.5) is 13.2 Å². The molecule has 0 aromatic carbocycles. The number of hydrogen-bond acceptors (Lipinski definition) is 3.